The fourth-order valence-electron chi connectivity index (χ4n) is 2.91. The van der Waals surface area contributed by atoms with Gasteiger partial charge in [-0.15, -0.1) is 13.2 Å². The van der Waals surface area contributed by atoms with Gasteiger partial charge in [-0.05, 0) is 49.6 Å². The van der Waals surface area contributed by atoms with Gasteiger partial charge in [-0.3, -0.25) is 4.79 Å². The van der Waals surface area contributed by atoms with Crippen LogP contribution < -0.4 is 14.4 Å². The Bertz CT molecular complexity index is 858. The van der Waals surface area contributed by atoms with E-state index in [-0.39, 0.29) is 22.3 Å². The summed E-state index contributed by atoms with van der Waals surface area (Å²) in [6.45, 7) is 2.58. The number of pyridine rings is 1. The Morgan fingerprint density at radius 1 is 1.30 bits per heavy atom. The van der Waals surface area contributed by atoms with Crippen molar-refractivity contribution in [2.45, 2.75) is 26.1 Å². The van der Waals surface area contributed by atoms with Crippen LogP contribution in [0.1, 0.15) is 29.4 Å². The van der Waals surface area contributed by atoms with E-state index in [1.54, 1.807) is 13.0 Å². The third-order valence-electron chi connectivity index (χ3n) is 3.96. The molecule has 144 valence electrons. The van der Waals surface area contributed by atoms with Crippen molar-refractivity contribution in [2.24, 2.45) is 0 Å². The molecule has 0 N–H and O–H groups in total. The maximum absolute atomic E-state index is 13.0. The van der Waals surface area contributed by atoms with Crippen molar-refractivity contribution in [1.29, 1.82) is 0 Å². The summed E-state index contributed by atoms with van der Waals surface area (Å²) in [5, 5.41) is 0.174. The van der Waals surface area contributed by atoms with E-state index in [0.717, 1.165) is 0 Å². The first kappa shape index (κ1) is 19.3. The molecule has 1 aliphatic rings. The highest BCUT2D eigenvalue weighted by molar-refractivity contribution is 6.34. The smallest absolute Gasteiger partial charge is 0.478 e. The Morgan fingerprint density at radius 2 is 2.07 bits per heavy atom. The minimum absolute atomic E-state index is 0.0334. The number of hydrogen-bond acceptors (Lipinski definition) is 4. The van der Waals surface area contributed by atoms with E-state index in [4.69, 9.17) is 16.3 Å². The van der Waals surface area contributed by atoms with E-state index in [2.05, 4.69) is 9.72 Å². The second-order valence-electron chi connectivity index (χ2n) is 5.81. The van der Waals surface area contributed by atoms with Crippen molar-refractivity contribution in [1.82, 2.24) is 4.98 Å². The molecule has 1 aromatic carbocycles. The van der Waals surface area contributed by atoms with E-state index in [1.807, 2.05) is 0 Å². The van der Waals surface area contributed by atoms with E-state index < -0.39 is 12.3 Å². The number of aryl methyl sites for hydroxylation is 1. The average molecular weight is 401 g/mol. The summed E-state index contributed by atoms with van der Waals surface area (Å²) in [4.78, 5) is 18.6. The molecule has 3 rings (SSSR count). The van der Waals surface area contributed by atoms with Gasteiger partial charge >= 0.3 is 6.36 Å². The van der Waals surface area contributed by atoms with Gasteiger partial charge in [-0.25, -0.2) is 4.98 Å². The molecule has 1 aromatic heterocycles. The zero-order chi connectivity index (χ0) is 19.6. The minimum atomic E-state index is -4.77. The SMILES string of the molecule is CCOc1ccc(Cl)c(C(=O)N2CCCc3cc(OC(F)(F)F)ccc32)n1. The highest BCUT2D eigenvalue weighted by Gasteiger charge is 2.32. The normalized spacial score (nSPS) is 13.9. The summed E-state index contributed by atoms with van der Waals surface area (Å²) in [6, 6.07) is 7.01. The van der Waals surface area contributed by atoms with Gasteiger partial charge in [0.1, 0.15) is 5.75 Å². The van der Waals surface area contributed by atoms with Gasteiger partial charge in [0.15, 0.2) is 5.69 Å². The average Bonchev–Trinajstić information content (AvgIpc) is 2.61. The van der Waals surface area contributed by atoms with Crippen LogP contribution in [0.4, 0.5) is 18.9 Å². The first-order valence-electron chi connectivity index (χ1n) is 8.28. The molecular formula is C18H16ClF3N2O3. The number of aromatic nitrogens is 1. The van der Waals surface area contributed by atoms with E-state index in [1.165, 1.54) is 29.2 Å². The monoisotopic (exact) mass is 400 g/mol. The number of carbonyl (C=O) groups excluding carboxylic acids is 1. The standard InChI is InChI=1S/C18H16ClF3N2O3/c1-2-26-15-8-6-13(19)16(23-15)17(25)24-9-3-4-11-10-12(5-7-14(11)24)27-18(20,21)22/h5-8,10H,2-4,9H2,1H3. The molecule has 0 saturated carbocycles. The third-order valence-corrected chi connectivity index (χ3v) is 4.27. The van der Waals surface area contributed by atoms with Gasteiger partial charge in [-0.2, -0.15) is 0 Å². The Hall–Kier alpha value is -2.48. The molecule has 9 heteroatoms. The van der Waals surface area contributed by atoms with Crippen LogP contribution in [-0.4, -0.2) is 30.4 Å². The molecule has 1 aliphatic heterocycles. The molecular weight excluding hydrogens is 385 g/mol. The first-order chi connectivity index (χ1) is 12.8. The number of carbonyl (C=O) groups is 1. The minimum Gasteiger partial charge on any atom is -0.478 e. The number of halogens is 4. The van der Waals surface area contributed by atoms with Gasteiger partial charge in [0, 0.05) is 18.3 Å². The van der Waals surface area contributed by atoms with Crippen molar-refractivity contribution in [3.8, 4) is 11.6 Å². The summed E-state index contributed by atoms with van der Waals surface area (Å²) in [6.07, 6.45) is -3.64. The summed E-state index contributed by atoms with van der Waals surface area (Å²) in [5.74, 6) is -0.478. The van der Waals surface area contributed by atoms with E-state index in [9.17, 15) is 18.0 Å². The number of fused-ring (bicyclic) bond motifs is 1. The van der Waals surface area contributed by atoms with Crippen molar-refractivity contribution in [3.05, 3.63) is 46.6 Å². The Labute approximate surface area is 158 Å². The van der Waals surface area contributed by atoms with Gasteiger partial charge < -0.3 is 14.4 Å². The van der Waals surface area contributed by atoms with Gasteiger partial charge in [0.25, 0.3) is 5.91 Å². The maximum atomic E-state index is 13.0. The number of benzene rings is 1. The lowest BCUT2D eigenvalue weighted by Gasteiger charge is -2.30. The van der Waals surface area contributed by atoms with Crippen LogP contribution in [0.25, 0.3) is 0 Å². The summed E-state index contributed by atoms with van der Waals surface area (Å²) < 4.78 is 46.5. The molecule has 0 spiro atoms. The predicted molar refractivity (Wildman–Crippen MR) is 93.5 cm³/mol. The number of rotatable bonds is 4. The first-order valence-corrected chi connectivity index (χ1v) is 8.66. The summed E-state index contributed by atoms with van der Waals surface area (Å²) in [5.41, 5.74) is 1.14. The van der Waals surface area contributed by atoms with Gasteiger partial charge in [-0.1, -0.05) is 11.6 Å². The fraction of sp³-hybridized carbons (Fsp3) is 0.333. The van der Waals surface area contributed by atoms with E-state index in [0.29, 0.717) is 37.2 Å². The lowest BCUT2D eigenvalue weighted by Crippen LogP contribution is -2.36. The molecule has 0 atom stereocenters. The second-order valence-corrected chi connectivity index (χ2v) is 6.22. The highest BCUT2D eigenvalue weighted by Crippen LogP contribution is 2.34. The molecule has 0 radical (unpaired) electrons. The van der Waals surface area contributed by atoms with Crippen LogP contribution in [-0.2, 0) is 6.42 Å². The molecule has 2 aromatic rings. The Kier molecular flexibility index (Phi) is 5.46. The quantitative estimate of drug-likeness (QED) is 0.751. The number of alkyl halides is 3. The van der Waals surface area contributed by atoms with Crippen molar-refractivity contribution >= 4 is 23.2 Å². The molecule has 0 aliphatic carbocycles. The number of amides is 1. The number of anilines is 1. The van der Waals surface area contributed by atoms with Crippen LogP contribution in [0.5, 0.6) is 11.6 Å². The van der Waals surface area contributed by atoms with Crippen molar-refractivity contribution in [2.75, 3.05) is 18.1 Å². The van der Waals surface area contributed by atoms with Crippen LogP contribution >= 0.6 is 11.6 Å². The predicted octanol–water partition coefficient (Wildman–Crippen LogP) is 4.63. The number of hydrogen-bond donors (Lipinski definition) is 0. The lowest BCUT2D eigenvalue weighted by molar-refractivity contribution is -0.274. The zero-order valence-electron chi connectivity index (χ0n) is 14.3. The maximum Gasteiger partial charge on any atom is 0.573 e. The third kappa shape index (κ3) is 4.44. The Morgan fingerprint density at radius 3 is 2.78 bits per heavy atom. The number of ether oxygens (including phenoxy) is 2. The zero-order valence-corrected chi connectivity index (χ0v) is 15.1. The molecule has 0 bridgehead atoms. The van der Waals surface area contributed by atoms with Crippen LogP contribution in [0.3, 0.4) is 0 Å². The molecule has 1 amide bonds. The largest absolute Gasteiger partial charge is 0.573 e. The van der Waals surface area contributed by atoms with Crippen LogP contribution in [0.15, 0.2) is 30.3 Å². The molecule has 0 saturated heterocycles. The molecule has 0 fully saturated rings. The topological polar surface area (TPSA) is 51.7 Å². The van der Waals surface area contributed by atoms with Gasteiger partial charge in [0.2, 0.25) is 5.88 Å². The lowest BCUT2D eigenvalue weighted by atomic mass is 10.0. The fourth-order valence-corrected chi connectivity index (χ4v) is 3.10. The number of nitrogens with zero attached hydrogens (tertiary/aromatic N) is 2. The second kappa shape index (κ2) is 7.64. The summed E-state index contributed by atoms with van der Waals surface area (Å²) in [7, 11) is 0. The Balaban J connectivity index is 1.91. The summed E-state index contributed by atoms with van der Waals surface area (Å²) >= 11 is 6.12. The van der Waals surface area contributed by atoms with Crippen molar-refractivity contribution in [3.63, 3.8) is 0 Å². The molecule has 2 heterocycles. The molecule has 27 heavy (non-hydrogen) atoms. The van der Waals surface area contributed by atoms with E-state index >= 15 is 0 Å². The van der Waals surface area contributed by atoms with Crippen LogP contribution in [0.2, 0.25) is 5.02 Å². The molecule has 5 nitrogen and oxygen atoms in total. The van der Waals surface area contributed by atoms with Crippen molar-refractivity contribution < 1.29 is 27.4 Å². The highest BCUT2D eigenvalue weighted by atomic mass is 35.5. The van der Waals surface area contributed by atoms with Gasteiger partial charge in [0.05, 0.1) is 11.6 Å². The van der Waals surface area contributed by atoms with Crippen LogP contribution in [0, 0.1) is 0 Å². The molecule has 0 unspecified atom stereocenters.